The van der Waals surface area contributed by atoms with Crippen LogP contribution in [0.1, 0.15) is 49.0 Å². The maximum atomic E-state index is 11.3. The molecule has 2 fully saturated rings. The number of allylic oxidation sites excluding steroid dienone is 2. The smallest absolute Gasteiger partial charge is 0.335 e. The number of fused-ring (bicyclic) bond motifs is 2. The maximum absolute atomic E-state index is 11.3. The topological polar surface area (TPSA) is 40.5 Å². The van der Waals surface area contributed by atoms with Crippen LogP contribution in [0, 0.1) is 23.7 Å². The molecule has 0 aromatic heterocycles. The van der Waals surface area contributed by atoms with Crippen molar-refractivity contribution in [1.29, 1.82) is 0 Å². The zero-order valence-electron chi connectivity index (χ0n) is 15.3. The molecular weight excluding hydrogens is 310 g/mol. The van der Waals surface area contributed by atoms with Crippen LogP contribution in [0.3, 0.4) is 0 Å². The summed E-state index contributed by atoms with van der Waals surface area (Å²) >= 11 is 0. The molecule has 0 amide bonds. The summed E-state index contributed by atoms with van der Waals surface area (Å²) in [6.45, 7) is 8.12. The number of carboxylic acid groups (broad SMARTS) is 1. The van der Waals surface area contributed by atoms with Crippen molar-refractivity contribution in [3.8, 4) is 0 Å². The van der Waals surface area contributed by atoms with Crippen molar-refractivity contribution in [3.63, 3.8) is 0 Å². The van der Waals surface area contributed by atoms with Crippen LogP contribution in [0.25, 0.3) is 0 Å². The maximum Gasteiger partial charge on any atom is 0.335 e. The highest BCUT2D eigenvalue weighted by molar-refractivity contribution is 5.87. The quantitative estimate of drug-likeness (QED) is 0.836. The number of piperidine rings is 1. The van der Waals surface area contributed by atoms with E-state index in [0.717, 1.165) is 37.3 Å². The second-order valence-corrected chi connectivity index (χ2v) is 8.75. The fourth-order valence-electron chi connectivity index (χ4n) is 5.36. The Bertz CT molecular complexity index is 697. The first-order valence-electron chi connectivity index (χ1n) is 9.70. The lowest BCUT2D eigenvalue weighted by Gasteiger charge is -2.46. The van der Waals surface area contributed by atoms with Crippen molar-refractivity contribution in [2.45, 2.75) is 38.5 Å². The van der Waals surface area contributed by atoms with Gasteiger partial charge in [-0.3, -0.25) is 0 Å². The fourth-order valence-corrected chi connectivity index (χ4v) is 5.36. The van der Waals surface area contributed by atoms with Gasteiger partial charge < -0.3 is 10.0 Å². The van der Waals surface area contributed by atoms with Crippen LogP contribution >= 0.6 is 0 Å². The number of rotatable bonds is 4. The monoisotopic (exact) mass is 339 g/mol. The molecule has 1 aromatic carbocycles. The summed E-state index contributed by atoms with van der Waals surface area (Å²) in [7, 11) is 0. The summed E-state index contributed by atoms with van der Waals surface area (Å²) in [4.78, 5) is 14.0. The van der Waals surface area contributed by atoms with Crippen molar-refractivity contribution >= 4 is 5.97 Å². The highest BCUT2D eigenvalue weighted by Gasteiger charge is 2.41. The Balaban J connectivity index is 1.44. The Labute approximate surface area is 150 Å². The molecule has 3 heteroatoms. The predicted octanol–water partition coefficient (Wildman–Crippen LogP) is 4.20. The first kappa shape index (κ1) is 16.8. The summed E-state index contributed by atoms with van der Waals surface area (Å²) in [5.41, 5.74) is 1.65. The number of carbonyl (C=O) groups is 1. The molecular formula is C22H29NO2. The van der Waals surface area contributed by atoms with Gasteiger partial charge in [-0.2, -0.15) is 0 Å². The Morgan fingerprint density at radius 2 is 2.16 bits per heavy atom. The first-order valence-corrected chi connectivity index (χ1v) is 9.70. The van der Waals surface area contributed by atoms with Crippen molar-refractivity contribution < 1.29 is 9.90 Å². The molecule has 1 heterocycles. The SMILES string of the molecule is C[C@H]1CN(CC2CC3C=CC2C3)CC[C@@]1(C)c1cccc(C(=O)O)c1. The molecule has 0 radical (unpaired) electrons. The zero-order valence-corrected chi connectivity index (χ0v) is 15.3. The van der Waals surface area contributed by atoms with Gasteiger partial charge in [-0.15, -0.1) is 0 Å². The van der Waals surface area contributed by atoms with Crippen LogP contribution in [0.4, 0.5) is 0 Å². The van der Waals surface area contributed by atoms with Gasteiger partial charge in [0.15, 0.2) is 0 Å². The third-order valence-electron chi connectivity index (χ3n) is 7.25. The normalized spacial score (nSPS) is 37.5. The molecule has 3 aliphatic rings. The second kappa shape index (κ2) is 6.28. The van der Waals surface area contributed by atoms with Crippen molar-refractivity contribution in [2.24, 2.45) is 23.7 Å². The molecule has 5 atom stereocenters. The molecule has 1 saturated carbocycles. The minimum Gasteiger partial charge on any atom is -0.478 e. The number of benzene rings is 1. The van der Waals surface area contributed by atoms with E-state index in [-0.39, 0.29) is 5.41 Å². The van der Waals surface area contributed by atoms with Gasteiger partial charge in [-0.1, -0.05) is 38.1 Å². The van der Waals surface area contributed by atoms with Crippen molar-refractivity contribution in [1.82, 2.24) is 4.90 Å². The van der Waals surface area contributed by atoms with E-state index in [1.807, 2.05) is 12.1 Å². The lowest BCUT2D eigenvalue weighted by molar-refractivity contribution is 0.0695. The van der Waals surface area contributed by atoms with Gasteiger partial charge in [0.05, 0.1) is 5.56 Å². The van der Waals surface area contributed by atoms with E-state index in [9.17, 15) is 9.90 Å². The standard InChI is InChI=1S/C22H29NO2/c1-15-13-23(14-19-11-16-6-7-17(19)10-16)9-8-22(15,2)20-5-3-4-18(12-20)21(24)25/h3-7,12,15-17,19H,8-11,13-14H2,1-2H3,(H,24,25)/t15-,16?,17?,19?,22+/m0/s1. The summed E-state index contributed by atoms with van der Waals surface area (Å²) in [5.74, 6) is 2.21. The molecule has 1 aliphatic heterocycles. The summed E-state index contributed by atoms with van der Waals surface area (Å²) in [5, 5.41) is 9.30. The van der Waals surface area contributed by atoms with E-state index in [4.69, 9.17) is 0 Å². The Morgan fingerprint density at radius 1 is 1.32 bits per heavy atom. The van der Waals surface area contributed by atoms with Crippen LogP contribution in [-0.2, 0) is 5.41 Å². The van der Waals surface area contributed by atoms with Crippen molar-refractivity contribution in [3.05, 3.63) is 47.5 Å². The first-order chi connectivity index (χ1) is 12.0. The Hall–Kier alpha value is -1.61. The lowest BCUT2D eigenvalue weighted by atomic mass is 9.67. The highest BCUT2D eigenvalue weighted by Crippen LogP contribution is 2.45. The minimum absolute atomic E-state index is 0.0660. The molecule has 4 rings (SSSR count). The number of likely N-dealkylation sites (tertiary alicyclic amines) is 1. The minimum atomic E-state index is -0.833. The van der Waals surface area contributed by atoms with Gasteiger partial charge >= 0.3 is 5.97 Å². The van der Waals surface area contributed by atoms with Crippen LogP contribution in [0.2, 0.25) is 0 Å². The van der Waals surface area contributed by atoms with E-state index >= 15 is 0 Å². The molecule has 25 heavy (non-hydrogen) atoms. The van der Waals surface area contributed by atoms with Gasteiger partial charge in [-0.25, -0.2) is 4.79 Å². The van der Waals surface area contributed by atoms with Gasteiger partial charge in [0, 0.05) is 13.1 Å². The summed E-state index contributed by atoms with van der Waals surface area (Å²) < 4.78 is 0. The molecule has 0 spiro atoms. The average Bonchev–Trinajstić information content (AvgIpc) is 3.21. The fraction of sp³-hybridized carbons (Fsp3) is 0.591. The number of nitrogens with zero attached hydrogens (tertiary/aromatic N) is 1. The summed E-state index contributed by atoms with van der Waals surface area (Å²) in [6, 6.07) is 7.58. The molecule has 2 bridgehead atoms. The third kappa shape index (κ3) is 3.03. The largest absolute Gasteiger partial charge is 0.478 e. The van der Waals surface area contributed by atoms with E-state index in [2.05, 4.69) is 37.0 Å². The Kier molecular flexibility index (Phi) is 4.23. The number of hydrogen-bond donors (Lipinski definition) is 1. The third-order valence-corrected chi connectivity index (χ3v) is 7.25. The van der Waals surface area contributed by atoms with Crippen LogP contribution < -0.4 is 0 Å². The van der Waals surface area contributed by atoms with Gasteiger partial charge in [0.25, 0.3) is 0 Å². The number of hydrogen-bond acceptors (Lipinski definition) is 2. The molecule has 1 aromatic rings. The van der Waals surface area contributed by atoms with Gasteiger partial charge in [-0.05, 0) is 72.6 Å². The van der Waals surface area contributed by atoms with Crippen LogP contribution in [-0.4, -0.2) is 35.6 Å². The molecule has 1 saturated heterocycles. The molecule has 1 N–H and O–H groups in total. The summed E-state index contributed by atoms with van der Waals surface area (Å²) in [6.07, 6.45) is 8.74. The number of aromatic carboxylic acids is 1. The molecule has 3 unspecified atom stereocenters. The van der Waals surface area contributed by atoms with E-state index in [1.54, 1.807) is 6.07 Å². The second-order valence-electron chi connectivity index (χ2n) is 8.75. The van der Waals surface area contributed by atoms with Crippen molar-refractivity contribution in [2.75, 3.05) is 19.6 Å². The lowest BCUT2D eigenvalue weighted by Crippen LogP contribution is -2.48. The average molecular weight is 339 g/mol. The zero-order chi connectivity index (χ0) is 17.6. The van der Waals surface area contributed by atoms with Crippen LogP contribution in [0.5, 0.6) is 0 Å². The van der Waals surface area contributed by atoms with Crippen LogP contribution in [0.15, 0.2) is 36.4 Å². The van der Waals surface area contributed by atoms with E-state index in [1.165, 1.54) is 24.9 Å². The molecule has 134 valence electrons. The van der Waals surface area contributed by atoms with Gasteiger partial charge in [0.1, 0.15) is 0 Å². The van der Waals surface area contributed by atoms with E-state index < -0.39 is 5.97 Å². The van der Waals surface area contributed by atoms with E-state index in [0.29, 0.717) is 11.5 Å². The molecule has 2 aliphatic carbocycles. The number of carboxylic acids is 1. The predicted molar refractivity (Wildman–Crippen MR) is 99.8 cm³/mol. The van der Waals surface area contributed by atoms with Gasteiger partial charge in [0.2, 0.25) is 0 Å². The Morgan fingerprint density at radius 3 is 2.80 bits per heavy atom. The highest BCUT2D eigenvalue weighted by atomic mass is 16.4. The molecule has 3 nitrogen and oxygen atoms in total.